The lowest BCUT2D eigenvalue weighted by Crippen LogP contribution is -2.44. The van der Waals surface area contributed by atoms with Gasteiger partial charge in [0, 0.05) is 6.54 Å². The number of aliphatic hydroxyl groups is 1. The molecule has 0 aliphatic heterocycles. The lowest BCUT2D eigenvalue weighted by molar-refractivity contribution is -0.149. The third-order valence-electron chi connectivity index (χ3n) is 3.83. The minimum Gasteiger partial charge on any atom is -0.460 e. The molecule has 0 saturated carbocycles. The Hall–Kier alpha value is -2.61. The standard InChI is InChI=1S/C20H24N2O5.ClH/c21-18(19(24)26-13-15-7-3-1-4-8-15)17(23)11-12-22-20(25)27-14-16-9-5-2-6-10-16;/h1-10,17-18,23H,11-14,21H2,(H,22,25);1H/t17?,18-;/m0./s1. The predicted molar refractivity (Wildman–Crippen MR) is 107 cm³/mol. The van der Waals surface area contributed by atoms with Gasteiger partial charge in [0.2, 0.25) is 0 Å². The maximum Gasteiger partial charge on any atom is 0.407 e. The number of halogens is 1. The number of hydrogen-bond acceptors (Lipinski definition) is 6. The third-order valence-corrected chi connectivity index (χ3v) is 3.83. The molecular formula is C20H25ClN2O5. The van der Waals surface area contributed by atoms with Crippen molar-refractivity contribution >= 4 is 24.5 Å². The van der Waals surface area contributed by atoms with Crippen molar-refractivity contribution in [2.75, 3.05) is 6.54 Å². The number of rotatable bonds is 9. The number of nitrogens with two attached hydrogens (primary N) is 1. The minimum absolute atomic E-state index is 0. The maximum absolute atomic E-state index is 11.9. The molecule has 1 amide bonds. The molecule has 2 aromatic carbocycles. The number of aliphatic hydroxyl groups excluding tert-OH is 1. The van der Waals surface area contributed by atoms with Crippen molar-refractivity contribution in [1.82, 2.24) is 5.32 Å². The number of amides is 1. The Labute approximate surface area is 170 Å². The molecule has 0 aliphatic rings. The number of carbonyl (C=O) groups is 2. The molecule has 1 unspecified atom stereocenters. The van der Waals surface area contributed by atoms with Crippen LogP contribution in [0.25, 0.3) is 0 Å². The Morgan fingerprint density at radius 3 is 1.96 bits per heavy atom. The molecule has 0 bridgehead atoms. The van der Waals surface area contributed by atoms with E-state index in [1.807, 2.05) is 60.7 Å². The molecule has 152 valence electrons. The van der Waals surface area contributed by atoms with Gasteiger partial charge in [-0.25, -0.2) is 4.79 Å². The zero-order valence-electron chi connectivity index (χ0n) is 15.3. The number of ether oxygens (including phenoxy) is 2. The second-order valence-electron chi connectivity index (χ2n) is 5.96. The van der Waals surface area contributed by atoms with Gasteiger partial charge in [-0.15, -0.1) is 12.4 Å². The summed E-state index contributed by atoms with van der Waals surface area (Å²) in [6.45, 7) is 0.360. The van der Waals surface area contributed by atoms with E-state index in [2.05, 4.69) is 5.32 Å². The zero-order valence-corrected chi connectivity index (χ0v) is 16.1. The maximum atomic E-state index is 11.9. The number of hydrogen-bond donors (Lipinski definition) is 3. The number of esters is 1. The summed E-state index contributed by atoms with van der Waals surface area (Å²) in [5, 5.41) is 12.5. The van der Waals surface area contributed by atoms with Crippen LogP contribution in [-0.4, -0.2) is 35.9 Å². The van der Waals surface area contributed by atoms with Gasteiger partial charge >= 0.3 is 12.1 Å². The second kappa shape index (κ2) is 12.7. The highest BCUT2D eigenvalue weighted by Gasteiger charge is 2.24. The second-order valence-corrected chi connectivity index (χ2v) is 5.96. The molecular weight excluding hydrogens is 384 g/mol. The number of nitrogens with one attached hydrogen (secondary N) is 1. The summed E-state index contributed by atoms with van der Waals surface area (Å²) in [5.41, 5.74) is 7.41. The van der Waals surface area contributed by atoms with Crippen molar-refractivity contribution in [3.63, 3.8) is 0 Å². The molecule has 0 radical (unpaired) electrons. The van der Waals surface area contributed by atoms with E-state index in [0.717, 1.165) is 11.1 Å². The van der Waals surface area contributed by atoms with E-state index in [1.165, 1.54) is 0 Å². The molecule has 0 aromatic heterocycles. The molecule has 28 heavy (non-hydrogen) atoms. The van der Waals surface area contributed by atoms with Crippen molar-refractivity contribution in [3.8, 4) is 0 Å². The number of carbonyl (C=O) groups excluding carboxylic acids is 2. The van der Waals surface area contributed by atoms with E-state index in [4.69, 9.17) is 15.2 Å². The van der Waals surface area contributed by atoms with Crippen LogP contribution in [0, 0.1) is 0 Å². The van der Waals surface area contributed by atoms with Crippen molar-refractivity contribution < 1.29 is 24.2 Å². The molecule has 7 nitrogen and oxygen atoms in total. The fourth-order valence-electron chi connectivity index (χ4n) is 2.26. The monoisotopic (exact) mass is 408 g/mol. The molecule has 0 fully saturated rings. The van der Waals surface area contributed by atoms with Crippen LogP contribution >= 0.6 is 12.4 Å². The minimum atomic E-state index is -1.18. The summed E-state index contributed by atoms with van der Waals surface area (Å²) in [4.78, 5) is 23.5. The highest BCUT2D eigenvalue weighted by molar-refractivity contribution is 5.85. The Balaban J connectivity index is 0.00000392. The summed E-state index contributed by atoms with van der Waals surface area (Å²) in [5.74, 6) is -0.696. The van der Waals surface area contributed by atoms with Crippen molar-refractivity contribution in [1.29, 1.82) is 0 Å². The fourth-order valence-corrected chi connectivity index (χ4v) is 2.26. The van der Waals surface area contributed by atoms with E-state index in [-0.39, 0.29) is 38.6 Å². The van der Waals surface area contributed by atoms with E-state index >= 15 is 0 Å². The highest BCUT2D eigenvalue weighted by atomic mass is 35.5. The van der Waals surface area contributed by atoms with E-state index in [0.29, 0.717) is 0 Å². The van der Waals surface area contributed by atoms with Crippen LogP contribution in [0.15, 0.2) is 60.7 Å². The van der Waals surface area contributed by atoms with Gasteiger partial charge in [-0.1, -0.05) is 60.7 Å². The van der Waals surface area contributed by atoms with Crippen LogP contribution in [0.3, 0.4) is 0 Å². The van der Waals surface area contributed by atoms with Gasteiger partial charge in [-0.2, -0.15) is 0 Å². The van der Waals surface area contributed by atoms with Crippen LogP contribution in [0.1, 0.15) is 17.5 Å². The van der Waals surface area contributed by atoms with Gasteiger partial charge < -0.3 is 25.6 Å². The summed E-state index contributed by atoms with van der Waals surface area (Å²) < 4.78 is 10.1. The normalized spacial score (nSPS) is 12.2. The fraction of sp³-hybridized carbons (Fsp3) is 0.300. The van der Waals surface area contributed by atoms with Crippen LogP contribution in [0.2, 0.25) is 0 Å². The average Bonchev–Trinajstić information content (AvgIpc) is 2.71. The Morgan fingerprint density at radius 1 is 0.929 bits per heavy atom. The summed E-state index contributed by atoms with van der Waals surface area (Å²) >= 11 is 0. The van der Waals surface area contributed by atoms with Crippen molar-refractivity contribution in [2.45, 2.75) is 31.8 Å². The Kier molecular flexibility index (Phi) is 10.6. The quantitative estimate of drug-likeness (QED) is 0.548. The van der Waals surface area contributed by atoms with Gasteiger partial charge in [-0.3, -0.25) is 4.79 Å². The number of alkyl carbamates (subject to hydrolysis) is 1. The Bertz CT molecular complexity index is 715. The summed E-state index contributed by atoms with van der Waals surface area (Å²) in [7, 11) is 0. The molecule has 2 aromatic rings. The lowest BCUT2D eigenvalue weighted by Gasteiger charge is -2.18. The molecule has 0 aliphatic carbocycles. The van der Waals surface area contributed by atoms with Crippen molar-refractivity contribution in [3.05, 3.63) is 71.8 Å². The zero-order chi connectivity index (χ0) is 19.5. The first-order valence-electron chi connectivity index (χ1n) is 8.65. The van der Waals surface area contributed by atoms with Gasteiger partial charge in [0.1, 0.15) is 19.3 Å². The average molecular weight is 409 g/mol. The van der Waals surface area contributed by atoms with Crippen LogP contribution in [0.4, 0.5) is 4.79 Å². The van der Waals surface area contributed by atoms with Gasteiger partial charge in [0.15, 0.2) is 0 Å². The van der Waals surface area contributed by atoms with Gasteiger partial charge in [-0.05, 0) is 17.5 Å². The molecule has 8 heteroatoms. The Morgan fingerprint density at radius 2 is 1.43 bits per heavy atom. The number of benzene rings is 2. The topological polar surface area (TPSA) is 111 Å². The molecule has 4 N–H and O–H groups in total. The smallest absolute Gasteiger partial charge is 0.407 e. The van der Waals surface area contributed by atoms with E-state index in [1.54, 1.807) is 0 Å². The van der Waals surface area contributed by atoms with Crippen LogP contribution in [-0.2, 0) is 27.5 Å². The molecule has 0 heterocycles. The van der Waals surface area contributed by atoms with Crippen molar-refractivity contribution in [2.24, 2.45) is 5.73 Å². The lowest BCUT2D eigenvalue weighted by atomic mass is 10.1. The van der Waals surface area contributed by atoms with Gasteiger partial charge in [0.05, 0.1) is 6.10 Å². The predicted octanol–water partition coefficient (Wildman–Crippen LogP) is 2.16. The molecule has 0 spiro atoms. The van der Waals surface area contributed by atoms with E-state index in [9.17, 15) is 14.7 Å². The molecule has 2 rings (SSSR count). The molecule has 0 saturated heterocycles. The summed E-state index contributed by atoms with van der Waals surface area (Å²) in [6.07, 6.45) is -1.64. The van der Waals surface area contributed by atoms with Crippen LogP contribution in [0.5, 0.6) is 0 Å². The van der Waals surface area contributed by atoms with E-state index < -0.39 is 24.2 Å². The first-order valence-corrected chi connectivity index (χ1v) is 8.65. The first kappa shape index (κ1) is 23.4. The highest BCUT2D eigenvalue weighted by Crippen LogP contribution is 2.05. The SMILES string of the molecule is Cl.N[C@H](C(=O)OCc1ccccc1)C(O)CCNC(=O)OCc1ccccc1. The largest absolute Gasteiger partial charge is 0.460 e. The first-order chi connectivity index (χ1) is 13.1. The van der Waals surface area contributed by atoms with Gasteiger partial charge in [0.25, 0.3) is 0 Å². The third kappa shape index (κ3) is 8.39. The molecule has 2 atom stereocenters. The summed E-state index contributed by atoms with van der Waals surface area (Å²) in [6, 6.07) is 17.2. The van der Waals surface area contributed by atoms with Crippen LogP contribution < -0.4 is 11.1 Å².